The van der Waals surface area contributed by atoms with E-state index in [4.69, 9.17) is 9.88 Å². The Morgan fingerprint density at radius 2 is 2.17 bits per heavy atom. The van der Waals surface area contributed by atoms with Gasteiger partial charge in [0, 0.05) is 12.1 Å². The third kappa shape index (κ3) is 2.06. The maximum atomic E-state index is 11.4. The first-order chi connectivity index (χ1) is 8.30. The fourth-order valence-electron chi connectivity index (χ4n) is 2.18. The van der Waals surface area contributed by atoms with Gasteiger partial charge in [0.05, 0.1) is 24.3 Å². The zero-order chi connectivity index (χ0) is 13.6. The standard InChI is InChI=1S/C11H19N3O3S/c1-4-11(6-17-7-11)9-5-10(18(12,15)16)13-14(9)8(2)3/h5,8H,4,6-7H2,1-3H3,(H2,12,15,16). The molecule has 2 rings (SSSR count). The number of rotatable bonds is 4. The van der Waals surface area contributed by atoms with Crippen LogP contribution in [-0.4, -0.2) is 31.4 Å². The Morgan fingerprint density at radius 3 is 2.50 bits per heavy atom. The SMILES string of the molecule is CCC1(c2cc(S(N)(=O)=O)nn2C(C)C)COC1. The van der Waals surface area contributed by atoms with E-state index in [0.29, 0.717) is 13.2 Å². The van der Waals surface area contributed by atoms with E-state index in [1.165, 1.54) is 0 Å². The molecule has 1 fully saturated rings. The van der Waals surface area contributed by atoms with Crippen LogP contribution in [0.3, 0.4) is 0 Å². The minimum atomic E-state index is -3.76. The van der Waals surface area contributed by atoms with Crippen LogP contribution in [0.4, 0.5) is 0 Å². The summed E-state index contributed by atoms with van der Waals surface area (Å²) in [5.74, 6) is 0. The second-order valence-corrected chi connectivity index (χ2v) is 6.59. The monoisotopic (exact) mass is 273 g/mol. The van der Waals surface area contributed by atoms with E-state index < -0.39 is 10.0 Å². The Morgan fingerprint density at radius 1 is 1.56 bits per heavy atom. The van der Waals surface area contributed by atoms with Crippen LogP contribution in [0.1, 0.15) is 38.9 Å². The molecule has 18 heavy (non-hydrogen) atoms. The van der Waals surface area contributed by atoms with Gasteiger partial charge in [-0.3, -0.25) is 4.68 Å². The topological polar surface area (TPSA) is 87.2 Å². The molecule has 1 aliphatic rings. The molecule has 6 nitrogen and oxygen atoms in total. The molecule has 0 aliphatic carbocycles. The largest absolute Gasteiger partial charge is 0.379 e. The fraction of sp³-hybridized carbons (Fsp3) is 0.727. The highest BCUT2D eigenvalue weighted by Crippen LogP contribution is 2.37. The van der Waals surface area contributed by atoms with Gasteiger partial charge in [0.1, 0.15) is 0 Å². The van der Waals surface area contributed by atoms with Gasteiger partial charge in [-0.1, -0.05) is 6.92 Å². The van der Waals surface area contributed by atoms with Crippen molar-refractivity contribution in [3.05, 3.63) is 11.8 Å². The number of sulfonamides is 1. The third-order valence-electron chi connectivity index (χ3n) is 3.47. The van der Waals surface area contributed by atoms with Crippen molar-refractivity contribution in [2.24, 2.45) is 5.14 Å². The van der Waals surface area contributed by atoms with Crippen LogP contribution in [0.15, 0.2) is 11.1 Å². The van der Waals surface area contributed by atoms with Crippen molar-refractivity contribution in [2.75, 3.05) is 13.2 Å². The number of primary sulfonamides is 1. The van der Waals surface area contributed by atoms with Crippen molar-refractivity contribution >= 4 is 10.0 Å². The highest BCUT2D eigenvalue weighted by atomic mass is 32.2. The van der Waals surface area contributed by atoms with E-state index in [0.717, 1.165) is 12.1 Å². The second kappa shape index (κ2) is 4.32. The lowest BCUT2D eigenvalue weighted by Gasteiger charge is -2.41. The Balaban J connectivity index is 2.55. The minimum Gasteiger partial charge on any atom is -0.379 e. The van der Waals surface area contributed by atoms with Gasteiger partial charge >= 0.3 is 0 Å². The highest BCUT2D eigenvalue weighted by Gasteiger charge is 2.42. The molecular formula is C11H19N3O3S. The summed E-state index contributed by atoms with van der Waals surface area (Å²) in [6.45, 7) is 7.20. The van der Waals surface area contributed by atoms with Gasteiger partial charge in [0.25, 0.3) is 10.0 Å². The first-order valence-corrected chi connectivity index (χ1v) is 7.55. The molecule has 0 bridgehead atoms. The van der Waals surface area contributed by atoms with E-state index in [1.54, 1.807) is 10.7 Å². The maximum absolute atomic E-state index is 11.4. The fourth-order valence-corrected chi connectivity index (χ4v) is 2.66. The Labute approximate surface area is 107 Å². The van der Waals surface area contributed by atoms with Crippen molar-refractivity contribution in [1.29, 1.82) is 0 Å². The molecule has 0 spiro atoms. The summed E-state index contributed by atoms with van der Waals surface area (Å²) < 4.78 is 29.9. The van der Waals surface area contributed by atoms with Crippen molar-refractivity contribution in [1.82, 2.24) is 9.78 Å². The third-order valence-corrected chi connectivity index (χ3v) is 4.25. The van der Waals surface area contributed by atoms with Gasteiger partial charge in [0.15, 0.2) is 5.03 Å². The summed E-state index contributed by atoms with van der Waals surface area (Å²) >= 11 is 0. The molecule has 0 radical (unpaired) electrons. The van der Waals surface area contributed by atoms with E-state index >= 15 is 0 Å². The number of aromatic nitrogens is 2. The molecule has 0 amide bonds. The lowest BCUT2D eigenvalue weighted by molar-refractivity contribution is -0.0665. The number of ether oxygens (including phenoxy) is 1. The second-order valence-electron chi connectivity index (χ2n) is 5.08. The first kappa shape index (κ1) is 13.5. The Hall–Kier alpha value is -0.920. The number of hydrogen-bond donors (Lipinski definition) is 1. The normalized spacial score (nSPS) is 18.9. The van der Waals surface area contributed by atoms with Crippen LogP contribution < -0.4 is 5.14 Å². The molecular weight excluding hydrogens is 254 g/mol. The zero-order valence-corrected chi connectivity index (χ0v) is 11.7. The van der Waals surface area contributed by atoms with E-state index in [2.05, 4.69) is 12.0 Å². The zero-order valence-electron chi connectivity index (χ0n) is 10.9. The first-order valence-electron chi connectivity index (χ1n) is 6.01. The minimum absolute atomic E-state index is 0.0640. The molecule has 1 saturated heterocycles. The highest BCUT2D eigenvalue weighted by molar-refractivity contribution is 7.89. The maximum Gasteiger partial charge on any atom is 0.257 e. The van der Waals surface area contributed by atoms with E-state index in [1.807, 2.05) is 13.8 Å². The molecule has 2 heterocycles. The van der Waals surface area contributed by atoms with E-state index in [-0.39, 0.29) is 16.5 Å². The van der Waals surface area contributed by atoms with Gasteiger partial charge in [0.2, 0.25) is 0 Å². The van der Waals surface area contributed by atoms with Crippen LogP contribution in [0, 0.1) is 0 Å². The Kier molecular flexibility index (Phi) is 3.25. The molecule has 1 aromatic rings. The van der Waals surface area contributed by atoms with Gasteiger partial charge in [-0.15, -0.1) is 0 Å². The van der Waals surface area contributed by atoms with Gasteiger partial charge < -0.3 is 4.74 Å². The lowest BCUT2D eigenvalue weighted by Crippen LogP contribution is -2.47. The molecule has 0 unspecified atom stereocenters. The predicted octanol–water partition coefficient (Wildman–Crippen LogP) is 0.789. The molecule has 1 aromatic heterocycles. The summed E-state index contributed by atoms with van der Waals surface area (Å²) in [5.41, 5.74) is 0.774. The van der Waals surface area contributed by atoms with E-state index in [9.17, 15) is 8.42 Å². The van der Waals surface area contributed by atoms with Crippen LogP contribution in [0.25, 0.3) is 0 Å². The molecule has 7 heteroatoms. The average molecular weight is 273 g/mol. The van der Waals surface area contributed by atoms with Crippen molar-refractivity contribution in [3.63, 3.8) is 0 Å². The summed E-state index contributed by atoms with van der Waals surface area (Å²) in [6.07, 6.45) is 0.884. The molecule has 0 atom stereocenters. The summed E-state index contributed by atoms with van der Waals surface area (Å²) in [5, 5.41) is 9.21. The van der Waals surface area contributed by atoms with Crippen LogP contribution in [0.5, 0.6) is 0 Å². The van der Waals surface area contributed by atoms with Gasteiger partial charge in [-0.25, -0.2) is 13.6 Å². The van der Waals surface area contributed by atoms with Crippen LogP contribution in [0.2, 0.25) is 0 Å². The lowest BCUT2D eigenvalue weighted by atomic mass is 9.79. The summed E-state index contributed by atoms with van der Waals surface area (Å²) in [6, 6.07) is 1.67. The number of hydrogen-bond acceptors (Lipinski definition) is 4. The van der Waals surface area contributed by atoms with Crippen molar-refractivity contribution < 1.29 is 13.2 Å². The predicted molar refractivity (Wildman–Crippen MR) is 66.8 cm³/mol. The van der Waals surface area contributed by atoms with Crippen LogP contribution in [-0.2, 0) is 20.2 Å². The number of nitrogens with zero attached hydrogens (tertiary/aromatic N) is 2. The van der Waals surface area contributed by atoms with Crippen molar-refractivity contribution in [2.45, 2.75) is 43.7 Å². The number of nitrogens with two attached hydrogens (primary N) is 1. The molecule has 0 saturated carbocycles. The van der Waals surface area contributed by atoms with Crippen molar-refractivity contribution in [3.8, 4) is 0 Å². The molecule has 2 N–H and O–H groups in total. The quantitative estimate of drug-likeness (QED) is 0.878. The Bertz CT molecular complexity index is 538. The summed E-state index contributed by atoms with van der Waals surface area (Å²) in [7, 11) is -3.76. The average Bonchev–Trinajstić information content (AvgIpc) is 2.61. The van der Waals surface area contributed by atoms with Crippen LogP contribution >= 0.6 is 0 Å². The molecule has 0 aromatic carbocycles. The van der Waals surface area contributed by atoms with Gasteiger partial charge in [-0.05, 0) is 20.3 Å². The molecule has 102 valence electrons. The molecule has 1 aliphatic heterocycles. The van der Waals surface area contributed by atoms with Gasteiger partial charge in [-0.2, -0.15) is 5.10 Å². The summed E-state index contributed by atoms with van der Waals surface area (Å²) in [4.78, 5) is 0. The smallest absolute Gasteiger partial charge is 0.257 e.